The monoisotopic (exact) mass is 250 g/mol. The van der Waals surface area contributed by atoms with E-state index in [2.05, 4.69) is 11.8 Å². The van der Waals surface area contributed by atoms with E-state index in [1.165, 1.54) is 0 Å². The van der Waals surface area contributed by atoms with Gasteiger partial charge in [0.25, 0.3) is 0 Å². The van der Waals surface area contributed by atoms with Crippen LogP contribution in [-0.2, 0) is 4.74 Å². The topological polar surface area (TPSA) is 26.3 Å². The zero-order chi connectivity index (χ0) is 12.9. The fourth-order valence-corrected chi connectivity index (χ4v) is 1.23. The third kappa shape index (κ3) is 4.93. The summed E-state index contributed by atoms with van der Waals surface area (Å²) in [7, 11) is 0. The molecule has 90 valence electrons. The number of esters is 1. The Morgan fingerprint density at radius 2 is 1.88 bits per heavy atom. The summed E-state index contributed by atoms with van der Waals surface area (Å²) >= 11 is 5.46. The number of hydrogen-bond acceptors (Lipinski definition) is 2. The highest BCUT2D eigenvalue weighted by Crippen LogP contribution is 2.12. The highest BCUT2D eigenvalue weighted by Gasteiger charge is 2.17. The molecule has 0 unspecified atom stereocenters. The summed E-state index contributed by atoms with van der Waals surface area (Å²) in [6, 6.07) is 6.95. The van der Waals surface area contributed by atoms with Crippen LogP contribution < -0.4 is 0 Å². The minimum absolute atomic E-state index is 0.299. The van der Waals surface area contributed by atoms with Crippen LogP contribution in [0.3, 0.4) is 0 Å². The molecule has 0 fully saturated rings. The summed E-state index contributed by atoms with van der Waals surface area (Å²) in [6.45, 7) is 5.52. The Kier molecular flexibility index (Phi) is 4.60. The highest BCUT2D eigenvalue weighted by molar-refractivity contribution is 6.19. The summed E-state index contributed by atoms with van der Waals surface area (Å²) in [6.07, 6.45) is 0. The Bertz CT molecular complexity index is 444. The van der Waals surface area contributed by atoms with Gasteiger partial charge in [-0.15, -0.1) is 11.6 Å². The van der Waals surface area contributed by atoms with Crippen molar-refractivity contribution < 1.29 is 9.53 Å². The molecule has 0 saturated heterocycles. The van der Waals surface area contributed by atoms with Crippen molar-refractivity contribution in [2.75, 3.05) is 5.88 Å². The van der Waals surface area contributed by atoms with E-state index >= 15 is 0 Å². The van der Waals surface area contributed by atoms with E-state index in [-0.39, 0.29) is 5.97 Å². The predicted molar refractivity (Wildman–Crippen MR) is 69.2 cm³/mol. The normalized spacial score (nSPS) is 10.4. The van der Waals surface area contributed by atoms with E-state index in [0.29, 0.717) is 11.4 Å². The maximum absolute atomic E-state index is 11.7. The van der Waals surface area contributed by atoms with Crippen LogP contribution in [0.5, 0.6) is 0 Å². The van der Waals surface area contributed by atoms with Gasteiger partial charge in [-0.05, 0) is 45.0 Å². The summed E-state index contributed by atoms with van der Waals surface area (Å²) in [5.41, 5.74) is 0.878. The first-order valence-electron chi connectivity index (χ1n) is 5.30. The van der Waals surface area contributed by atoms with Crippen LogP contribution >= 0.6 is 11.6 Å². The maximum Gasteiger partial charge on any atom is 0.338 e. The van der Waals surface area contributed by atoms with Crippen molar-refractivity contribution in [3.05, 3.63) is 35.4 Å². The van der Waals surface area contributed by atoms with Gasteiger partial charge in [0.2, 0.25) is 0 Å². The number of ether oxygens (including phenoxy) is 1. The molecule has 0 spiro atoms. The summed E-state index contributed by atoms with van der Waals surface area (Å²) in [5.74, 6) is 5.60. The smallest absolute Gasteiger partial charge is 0.338 e. The van der Waals surface area contributed by atoms with Gasteiger partial charge in [0.15, 0.2) is 0 Å². The van der Waals surface area contributed by atoms with Crippen molar-refractivity contribution in [1.29, 1.82) is 0 Å². The minimum atomic E-state index is -0.478. The van der Waals surface area contributed by atoms with Crippen LogP contribution in [0, 0.1) is 11.8 Å². The Labute approximate surface area is 107 Å². The molecule has 0 aromatic heterocycles. The molecule has 0 bridgehead atoms. The van der Waals surface area contributed by atoms with E-state index in [1.807, 2.05) is 20.8 Å². The molecule has 0 N–H and O–H groups in total. The van der Waals surface area contributed by atoms with Crippen LogP contribution in [-0.4, -0.2) is 17.5 Å². The second-order valence-electron chi connectivity index (χ2n) is 4.51. The molecule has 17 heavy (non-hydrogen) atoms. The third-order valence-electron chi connectivity index (χ3n) is 1.82. The molecule has 0 atom stereocenters. The number of carbonyl (C=O) groups is 1. The molecule has 1 rings (SSSR count). The van der Waals surface area contributed by atoms with E-state index in [4.69, 9.17) is 16.3 Å². The van der Waals surface area contributed by atoms with E-state index < -0.39 is 5.60 Å². The fraction of sp³-hybridized carbons (Fsp3) is 0.357. The third-order valence-corrected chi connectivity index (χ3v) is 1.95. The molecule has 0 amide bonds. The first kappa shape index (κ1) is 13.6. The van der Waals surface area contributed by atoms with Crippen LogP contribution in [0.15, 0.2) is 24.3 Å². The molecule has 0 heterocycles. The van der Waals surface area contributed by atoms with Crippen molar-refractivity contribution in [3.63, 3.8) is 0 Å². The molecule has 0 saturated carbocycles. The Hall–Kier alpha value is -1.46. The van der Waals surface area contributed by atoms with Crippen LogP contribution in [0.2, 0.25) is 0 Å². The lowest BCUT2D eigenvalue weighted by molar-refractivity contribution is 0.00696. The van der Waals surface area contributed by atoms with Gasteiger partial charge < -0.3 is 4.74 Å². The van der Waals surface area contributed by atoms with Crippen molar-refractivity contribution in [1.82, 2.24) is 0 Å². The van der Waals surface area contributed by atoms with Gasteiger partial charge in [-0.2, -0.15) is 0 Å². The zero-order valence-electron chi connectivity index (χ0n) is 10.2. The molecule has 1 aromatic carbocycles. The lowest BCUT2D eigenvalue weighted by atomic mass is 10.1. The molecule has 0 aliphatic heterocycles. The molecular formula is C14H15ClO2. The molecule has 0 aliphatic rings. The standard InChI is InChI=1S/C14H15ClO2/c1-14(2,3)17-13(16)12-8-6-11(7-9-12)5-4-10-15/h6-9H,10H2,1-3H3. The zero-order valence-corrected chi connectivity index (χ0v) is 11.0. The van der Waals surface area contributed by atoms with Crippen LogP contribution in [0.4, 0.5) is 0 Å². The number of rotatable bonds is 1. The minimum Gasteiger partial charge on any atom is -0.456 e. The van der Waals surface area contributed by atoms with Gasteiger partial charge in [-0.25, -0.2) is 4.79 Å². The number of benzene rings is 1. The average molecular weight is 251 g/mol. The lowest BCUT2D eigenvalue weighted by Crippen LogP contribution is -2.23. The van der Waals surface area contributed by atoms with Crippen molar-refractivity contribution in [3.8, 4) is 11.8 Å². The predicted octanol–water partition coefficient (Wildman–Crippen LogP) is 3.23. The summed E-state index contributed by atoms with van der Waals surface area (Å²) < 4.78 is 5.25. The summed E-state index contributed by atoms with van der Waals surface area (Å²) in [4.78, 5) is 11.7. The Morgan fingerprint density at radius 1 is 1.29 bits per heavy atom. The van der Waals surface area contributed by atoms with Gasteiger partial charge in [0.05, 0.1) is 11.4 Å². The highest BCUT2D eigenvalue weighted by atomic mass is 35.5. The molecule has 0 aliphatic carbocycles. The Balaban J connectivity index is 2.77. The van der Waals surface area contributed by atoms with E-state index in [0.717, 1.165) is 5.56 Å². The molecule has 3 heteroatoms. The van der Waals surface area contributed by atoms with E-state index in [1.54, 1.807) is 24.3 Å². The first-order chi connectivity index (χ1) is 7.92. The maximum atomic E-state index is 11.7. The van der Waals surface area contributed by atoms with Gasteiger partial charge in [-0.3, -0.25) is 0 Å². The van der Waals surface area contributed by atoms with Gasteiger partial charge in [-0.1, -0.05) is 11.8 Å². The molecular weight excluding hydrogens is 236 g/mol. The first-order valence-corrected chi connectivity index (χ1v) is 5.84. The van der Waals surface area contributed by atoms with Crippen molar-refractivity contribution >= 4 is 17.6 Å². The quantitative estimate of drug-likeness (QED) is 0.435. The van der Waals surface area contributed by atoms with E-state index in [9.17, 15) is 4.79 Å². The van der Waals surface area contributed by atoms with Gasteiger partial charge >= 0.3 is 5.97 Å². The van der Waals surface area contributed by atoms with Gasteiger partial charge in [0, 0.05) is 5.56 Å². The Morgan fingerprint density at radius 3 is 2.35 bits per heavy atom. The van der Waals surface area contributed by atoms with Crippen LogP contribution in [0.25, 0.3) is 0 Å². The average Bonchev–Trinajstić information content (AvgIpc) is 2.24. The molecule has 0 radical (unpaired) electrons. The number of halogens is 1. The SMILES string of the molecule is CC(C)(C)OC(=O)c1ccc(C#CCCl)cc1. The van der Waals surface area contributed by atoms with Crippen molar-refractivity contribution in [2.45, 2.75) is 26.4 Å². The second-order valence-corrected chi connectivity index (χ2v) is 4.78. The number of carbonyl (C=O) groups excluding carboxylic acids is 1. The largest absolute Gasteiger partial charge is 0.456 e. The second kappa shape index (κ2) is 5.75. The molecule has 1 aromatic rings. The summed E-state index contributed by atoms with van der Waals surface area (Å²) in [5, 5.41) is 0. The molecule has 2 nitrogen and oxygen atoms in total. The van der Waals surface area contributed by atoms with Gasteiger partial charge in [0.1, 0.15) is 5.60 Å². The van der Waals surface area contributed by atoms with Crippen molar-refractivity contribution in [2.24, 2.45) is 0 Å². The number of alkyl halides is 1. The lowest BCUT2D eigenvalue weighted by Gasteiger charge is -2.19. The van der Waals surface area contributed by atoms with Crippen LogP contribution in [0.1, 0.15) is 36.7 Å². The number of hydrogen-bond donors (Lipinski definition) is 0. The fourth-order valence-electron chi connectivity index (χ4n) is 1.16.